The van der Waals surface area contributed by atoms with Gasteiger partial charge in [-0.2, -0.15) is 39.5 Å². The fraction of sp³-hybridized carbons (Fsp3) is 0.219. The summed E-state index contributed by atoms with van der Waals surface area (Å²) in [4.78, 5) is 48.7. The number of aromatic nitrogens is 3. The third kappa shape index (κ3) is 19.6. The number of nitrogens with zero attached hydrogens (tertiary/aromatic N) is 3. The Bertz CT molecular complexity index is 3840. The molecule has 0 atom stereocenters. The van der Waals surface area contributed by atoms with Crippen LogP contribution in [0.2, 0.25) is 0 Å². The summed E-state index contributed by atoms with van der Waals surface area (Å²) in [7, 11) is 1.36. The number of carboxylic acid groups (broad SMARTS) is 2. The number of benzene rings is 6. The number of ether oxygens (including phenoxy) is 3. The Labute approximate surface area is 511 Å². The van der Waals surface area contributed by atoms with Gasteiger partial charge >= 0.3 is 36.4 Å². The SMILES string of the molecule is COC(=O)CCc1ccc(OCc2sc(-c3ccc(C(F)(F)F)cc3)nc2C)cc1.Cc1cc(OCc2oc(-c3ccc(C(F)(F)F)cc3)nc2C)ccc1/C=C/C(=O)O.Cc1nc(-c2ccc(C(F)(F)F)cc2)sc1CSc1ccc(CC(=O)O)cc1. The highest BCUT2D eigenvalue weighted by Crippen LogP contribution is 2.37. The van der Waals surface area contributed by atoms with Gasteiger partial charge in [0.15, 0.2) is 5.76 Å². The minimum absolute atomic E-state index is 0.00458. The van der Waals surface area contributed by atoms with E-state index in [1.807, 2.05) is 57.2 Å². The molecular weight excluding hydrogens is 1220 g/mol. The van der Waals surface area contributed by atoms with Gasteiger partial charge in [-0.15, -0.1) is 34.4 Å². The van der Waals surface area contributed by atoms with E-state index in [1.54, 1.807) is 49.0 Å². The maximum atomic E-state index is 12.7. The molecule has 0 saturated heterocycles. The van der Waals surface area contributed by atoms with Crippen molar-refractivity contribution in [2.75, 3.05) is 7.11 Å². The molecule has 0 bridgehead atoms. The van der Waals surface area contributed by atoms with Crippen molar-refractivity contribution < 1.29 is 82.7 Å². The number of carbonyl (C=O) groups excluding carboxylic acids is 1. The molecule has 9 aromatic rings. The van der Waals surface area contributed by atoms with Crippen molar-refractivity contribution >= 4 is 58.4 Å². The monoisotopic (exact) mass is 1280 g/mol. The first kappa shape index (κ1) is 66.8. The van der Waals surface area contributed by atoms with Crippen molar-refractivity contribution in [1.82, 2.24) is 15.0 Å². The lowest BCUT2D eigenvalue weighted by Crippen LogP contribution is -2.03. The molecular formula is C64H54F9N3O9S3. The molecule has 0 amide bonds. The van der Waals surface area contributed by atoms with Crippen LogP contribution in [0.4, 0.5) is 39.5 Å². The van der Waals surface area contributed by atoms with Gasteiger partial charge in [0, 0.05) is 44.7 Å². The number of rotatable bonds is 19. The molecule has 0 saturated carbocycles. The number of alkyl halides is 9. The Morgan fingerprint density at radius 3 is 1.57 bits per heavy atom. The highest BCUT2D eigenvalue weighted by Gasteiger charge is 2.32. The first-order valence-corrected chi connectivity index (χ1v) is 29.0. The fourth-order valence-corrected chi connectivity index (χ4v) is 11.1. The number of esters is 1. The van der Waals surface area contributed by atoms with Gasteiger partial charge in [-0.25, -0.2) is 19.7 Å². The van der Waals surface area contributed by atoms with Crippen molar-refractivity contribution in [3.63, 3.8) is 0 Å². The molecule has 3 aromatic heterocycles. The molecule has 0 fully saturated rings. The number of oxazole rings is 1. The molecule has 460 valence electrons. The zero-order valence-corrected chi connectivity index (χ0v) is 49.8. The lowest BCUT2D eigenvalue weighted by molar-refractivity contribution is -0.141. The second kappa shape index (κ2) is 29.8. The predicted octanol–water partition coefficient (Wildman–Crippen LogP) is 17.5. The minimum atomic E-state index is -4.40. The van der Waals surface area contributed by atoms with Crippen molar-refractivity contribution in [1.29, 1.82) is 0 Å². The smallest absolute Gasteiger partial charge is 0.416 e. The molecule has 6 aromatic carbocycles. The molecule has 2 N–H and O–H groups in total. The minimum Gasteiger partial charge on any atom is -0.488 e. The van der Waals surface area contributed by atoms with E-state index in [4.69, 9.17) is 24.1 Å². The molecule has 3 heterocycles. The molecule has 0 aliphatic carbocycles. The van der Waals surface area contributed by atoms with Gasteiger partial charge in [0.2, 0.25) is 5.89 Å². The zero-order chi connectivity index (χ0) is 63.9. The van der Waals surface area contributed by atoms with Gasteiger partial charge in [-0.05, 0) is 147 Å². The number of thioether (sulfide) groups is 1. The number of aliphatic carboxylic acids is 2. The van der Waals surface area contributed by atoms with Gasteiger partial charge < -0.3 is 28.8 Å². The van der Waals surface area contributed by atoms with Crippen molar-refractivity contribution in [2.45, 2.75) is 89.3 Å². The molecule has 12 nitrogen and oxygen atoms in total. The third-order valence-electron chi connectivity index (χ3n) is 12.9. The molecule has 0 spiro atoms. The van der Waals surface area contributed by atoms with E-state index in [0.717, 1.165) is 90.8 Å². The van der Waals surface area contributed by atoms with E-state index >= 15 is 0 Å². The molecule has 0 radical (unpaired) electrons. The number of carboxylic acids is 2. The summed E-state index contributed by atoms with van der Waals surface area (Å²) in [6.45, 7) is 7.68. The quantitative estimate of drug-likeness (QED) is 0.0339. The molecule has 0 aliphatic heterocycles. The highest BCUT2D eigenvalue weighted by molar-refractivity contribution is 7.98. The lowest BCUT2D eigenvalue weighted by atomic mass is 10.1. The maximum absolute atomic E-state index is 12.7. The van der Waals surface area contributed by atoms with E-state index < -0.39 is 47.2 Å². The third-order valence-corrected chi connectivity index (χ3v) is 16.5. The second-order valence-corrected chi connectivity index (χ2v) is 22.5. The summed E-state index contributed by atoms with van der Waals surface area (Å²) in [5.74, 6) is 0.452. The number of hydrogen-bond acceptors (Lipinski definition) is 13. The van der Waals surface area contributed by atoms with Crippen LogP contribution < -0.4 is 9.47 Å². The zero-order valence-electron chi connectivity index (χ0n) is 47.4. The normalized spacial score (nSPS) is 11.6. The Balaban J connectivity index is 0.000000188. The van der Waals surface area contributed by atoms with Gasteiger partial charge in [-0.3, -0.25) is 9.59 Å². The molecule has 24 heteroatoms. The van der Waals surface area contributed by atoms with E-state index in [-0.39, 0.29) is 24.9 Å². The second-order valence-electron chi connectivity index (χ2n) is 19.3. The summed E-state index contributed by atoms with van der Waals surface area (Å²) in [6.07, 6.45) is -9.64. The number of thiazole rings is 2. The van der Waals surface area contributed by atoms with Crippen LogP contribution in [0, 0.1) is 27.7 Å². The van der Waals surface area contributed by atoms with Crippen molar-refractivity contribution in [2.24, 2.45) is 0 Å². The van der Waals surface area contributed by atoms with E-state index in [2.05, 4.69) is 19.7 Å². The average molecular weight is 1280 g/mol. The Morgan fingerprint density at radius 2 is 1.07 bits per heavy atom. The Morgan fingerprint density at radius 1 is 0.580 bits per heavy atom. The van der Waals surface area contributed by atoms with Crippen LogP contribution in [-0.2, 0) is 69.5 Å². The van der Waals surface area contributed by atoms with Crippen LogP contribution in [-0.4, -0.2) is 50.2 Å². The van der Waals surface area contributed by atoms with Gasteiger partial charge in [-0.1, -0.05) is 54.6 Å². The molecule has 0 unspecified atom stereocenters. The van der Waals surface area contributed by atoms with Crippen LogP contribution in [0.1, 0.15) is 78.0 Å². The first-order valence-electron chi connectivity index (χ1n) is 26.4. The first-order chi connectivity index (χ1) is 41.6. The summed E-state index contributed by atoms with van der Waals surface area (Å²) >= 11 is 4.46. The lowest BCUT2D eigenvalue weighted by Gasteiger charge is -2.07. The van der Waals surface area contributed by atoms with Crippen molar-refractivity contribution in [3.05, 3.63) is 217 Å². The largest absolute Gasteiger partial charge is 0.488 e. The van der Waals surface area contributed by atoms with Crippen LogP contribution in [0.15, 0.2) is 155 Å². The van der Waals surface area contributed by atoms with Gasteiger partial charge in [0.05, 0.1) is 52.2 Å². The summed E-state index contributed by atoms with van der Waals surface area (Å²) < 4.78 is 136. The number of aryl methyl sites for hydroxylation is 5. The van der Waals surface area contributed by atoms with E-state index in [1.165, 1.54) is 72.3 Å². The standard InChI is InChI=1S/C22H18F3NO4.C22H20F3NO3S.C20H16F3NO2S2/c1-13-11-18(9-5-15(13)6-10-20(27)28)29-12-19-14(2)26-21(30-19)16-3-7-17(8-4-16)22(23,24)25;1-14-19(13-29-18-10-3-15(4-11-18)5-12-20(27)28-2)30-21(26-14)16-6-8-17(9-7-16)22(23,24)25;1-12-17(11-27-16-8-2-13(3-9-16)10-18(25)26)28-19(24-12)14-4-6-15(7-5-14)20(21,22)23/h3-11H,12H2,1-2H3,(H,27,28);3-4,6-11H,5,12-13H2,1-2H3;2-9H,10-11H2,1H3,(H,25,26)/b10-6+;;. The van der Waals surface area contributed by atoms with Gasteiger partial charge in [0.1, 0.15) is 34.7 Å². The number of carbonyl (C=O) groups is 3. The Hall–Kier alpha value is -8.74. The summed E-state index contributed by atoms with van der Waals surface area (Å²) in [5, 5.41) is 18.9. The average Bonchev–Trinajstić information content (AvgIpc) is 3.22. The summed E-state index contributed by atoms with van der Waals surface area (Å²) in [6, 6.07) is 34.6. The molecule has 0 aliphatic rings. The number of hydrogen-bond donors (Lipinski definition) is 2. The van der Waals surface area contributed by atoms with Crippen LogP contribution >= 0.6 is 34.4 Å². The van der Waals surface area contributed by atoms with Crippen LogP contribution in [0.25, 0.3) is 38.7 Å². The topological polar surface area (TPSA) is 171 Å². The van der Waals surface area contributed by atoms with Crippen LogP contribution in [0.3, 0.4) is 0 Å². The van der Waals surface area contributed by atoms with E-state index in [9.17, 15) is 53.9 Å². The molecule has 9 rings (SSSR count). The Kier molecular flexibility index (Phi) is 22.6. The highest BCUT2D eigenvalue weighted by atomic mass is 32.2. The predicted molar refractivity (Wildman–Crippen MR) is 317 cm³/mol. The maximum Gasteiger partial charge on any atom is 0.416 e. The van der Waals surface area contributed by atoms with Crippen molar-refractivity contribution in [3.8, 4) is 44.1 Å². The summed E-state index contributed by atoms with van der Waals surface area (Å²) in [5.41, 5.74) is 5.19. The van der Waals surface area contributed by atoms with E-state index in [0.29, 0.717) is 74.9 Å². The number of methoxy groups -OCH3 is 1. The van der Waals surface area contributed by atoms with Crippen LogP contribution in [0.5, 0.6) is 11.5 Å². The number of halogens is 9. The molecule has 88 heavy (non-hydrogen) atoms. The fourth-order valence-electron chi connectivity index (χ4n) is 7.97. The van der Waals surface area contributed by atoms with Gasteiger partial charge in [0.25, 0.3) is 0 Å².